The maximum absolute atomic E-state index is 11.1. The third kappa shape index (κ3) is 6.76. The number of amides is 1. The third-order valence-electron chi connectivity index (χ3n) is 2.73. The smallest absolute Gasteiger partial charge is 0.221 e. The zero-order valence-electron chi connectivity index (χ0n) is 13.1. The van der Waals surface area contributed by atoms with Crippen LogP contribution >= 0.6 is 0 Å². The summed E-state index contributed by atoms with van der Waals surface area (Å²) < 4.78 is 5.08. The summed E-state index contributed by atoms with van der Waals surface area (Å²) in [4.78, 5) is 15.2. The number of benzene rings is 1. The fraction of sp³-hybridized carbons (Fsp3) is 0.467. The standard InChI is InChI=1S/C15H24N4O2/c1-11(10-21-4)18-15(16-3)17-9-13-6-5-7-14(8-13)19-12(2)20/h5-8,11H,9-10H2,1-4H3,(H,19,20)(H2,16,17,18). The number of ether oxygens (including phenoxy) is 1. The molecule has 0 bridgehead atoms. The van der Waals surface area contributed by atoms with Gasteiger partial charge in [0, 0.05) is 39.4 Å². The summed E-state index contributed by atoms with van der Waals surface area (Å²) >= 11 is 0. The number of anilines is 1. The lowest BCUT2D eigenvalue weighted by Gasteiger charge is -2.17. The van der Waals surface area contributed by atoms with Crippen molar-refractivity contribution in [2.24, 2.45) is 4.99 Å². The van der Waals surface area contributed by atoms with Gasteiger partial charge in [-0.15, -0.1) is 0 Å². The lowest BCUT2D eigenvalue weighted by molar-refractivity contribution is -0.114. The normalized spacial score (nSPS) is 12.7. The van der Waals surface area contributed by atoms with Gasteiger partial charge in [0.15, 0.2) is 5.96 Å². The molecule has 6 heteroatoms. The van der Waals surface area contributed by atoms with Gasteiger partial charge in [-0.1, -0.05) is 12.1 Å². The average Bonchev–Trinajstić information content (AvgIpc) is 2.43. The maximum Gasteiger partial charge on any atom is 0.221 e. The Hall–Kier alpha value is -2.08. The summed E-state index contributed by atoms with van der Waals surface area (Å²) in [6.45, 7) is 4.74. The average molecular weight is 292 g/mol. The van der Waals surface area contributed by atoms with Crippen molar-refractivity contribution in [1.82, 2.24) is 10.6 Å². The van der Waals surface area contributed by atoms with E-state index in [0.29, 0.717) is 19.1 Å². The third-order valence-corrected chi connectivity index (χ3v) is 2.73. The highest BCUT2D eigenvalue weighted by Crippen LogP contribution is 2.10. The molecule has 1 unspecified atom stereocenters. The van der Waals surface area contributed by atoms with Gasteiger partial charge in [0.1, 0.15) is 0 Å². The summed E-state index contributed by atoms with van der Waals surface area (Å²) in [7, 11) is 3.39. The van der Waals surface area contributed by atoms with Crippen molar-refractivity contribution in [3.05, 3.63) is 29.8 Å². The molecule has 0 fully saturated rings. The fourth-order valence-corrected chi connectivity index (χ4v) is 1.87. The van der Waals surface area contributed by atoms with E-state index >= 15 is 0 Å². The Morgan fingerprint density at radius 3 is 2.81 bits per heavy atom. The maximum atomic E-state index is 11.1. The van der Waals surface area contributed by atoms with E-state index in [1.165, 1.54) is 6.92 Å². The van der Waals surface area contributed by atoms with Gasteiger partial charge < -0.3 is 20.7 Å². The van der Waals surface area contributed by atoms with E-state index in [4.69, 9.17) is 4.74 Å². The number of hydrogen-bond donors (Lipinski definition) is 3. The van der Waals surface area contributed by atoms with E-state index in [9.17, 15) is 4.79 Å². The van der Waals surface area contributed by atoms with Crippen LogP contribution in [0.15, 0.2) is 29.3 Å². The van der Waals surface area contributed by atoms with Crippen LogP contribution in [-0.4, -0.2) is 38.7 Å². The highest BCUT2D eigenvalue weighted by atomic mass is 16.5. The number of nitrogens with one attached hydrogen (secondary N) is 3. The molecule has 0 saturated carbocycles. The van der Waals surface area contributed by atoms with Crippen LogP contribution in [-0.2, 0) is 16.1 Å². The number of hydrogen-bond acceptors (Lipinski definition) is 3. The quantitative estimate of drug-likeness (QED) is 0.546. The molecular formula is C15H24N4O2. The summed E-state index contributed by atoms with van der Waals surface area (Å²) in [5.41, 5.74) is 1.85. The molecule has 0 aromatic heterocycles. The van der Waals surface area contributed by atoms with Crippen molar-refractivity contribution in [3.8, 4) is 0 Å². The van der Waals surface area contributed by atoms with Crippen LogP contribution in [0.3, 0.4) is 0 Å². The van der Waals surface area contributed by atoms with Crippen LogP contribution in [0.4, 0.5) is 5.69 Å². The zero-order valence-corrected chi connectivity index (χ0v) is 13.1. The van der Waals surface area contributed by atoms with Crippen molar-refractivity contribution in [2.75, 3.05) is 26.1 Å². The lowest BCUT2D eigenvalue weighted by atomic mass is 10.2. The van der Waals surface area contributed by atoms with E-state index < -0.39 is 0 Å². The van der Waals surface area contributed by atoms with Gasteiger partial charge in [-0.05, 0) is 24.6 Å². The van der Waals surface area contributed by atoms with Gasteiger partial charge in [0.05, 0.1) is 6.61 Å². The minimum atomic E-state index is -0.0778. The minimum Gasteiger partial charge on any atom is -0.383 e. The molecule has 1 atom stereocenters. The van der Waals surface area contributed by atoms with Crippen LogP contribution in [0, 0.1) is 0 Å². The number of guanidine groups is 1. The molecule has 0 radical (unpaired) electrons. The van der Waals surface area contributed by atoms with Crippen molar-refractivity contribution >= 4 is 17.6 Å². The second-order valence-electron chi connectivity index (χ2n) is 4.81. The monoisotopic (exact) mass is 292 g/mol. The molecule has 3 N–H and O–H groups in total. The van der Waals surface area contributed by atoms with E-state index in [-0.39, 0.29) is 11.9 Å². The summed E-state index contributed by atoms with van der Waals surface area (Å²) in [6, 6.07) is 7.86. The topological polar surface area (TPSA) is 74.8 Å². The molecule has 6 nitrogen and oxygen atoms in total. The Morgan fingerprint density at radius 1 is 1.43 bits per heavy atom. The van der Waals surface area contributed by atoms with Crippen molar-refractivity contribution < 1.29 is 9.53 Å². The predicted octanol–water partition coefficient (Wildman–Crippen LogP) is 1.34. The molecule has 0 aliphatic carbocycles. The first kappa shape index (κ1) is 17.0. The summed E-state index contributed by atoms with van der Waals surface area (Å²) in [6.07, 6.45) is 0. The Bertz CT molecular complexity index is 488. The molecule has 116 valence electrons. The molecule has 0 saturated heterocycles. The SMILES string of the molecule is CN=C(NCc1cccc(NC(C)=O)c1)NC(C)COC. The van der Waals surface area contributed by atoms with Crippen molar-refractivity contribution in [1.29, 1.82) is 0 Å². The largest absolute Gasteiger partial charge is 0.383 e. The Balaban J connectivity index is 2.55. The summed E-state index contributed by atoms with van der Waals surface area (Å²) in [5.74, 6) is 0.635. The Morgan fingerprint density at radius 2 is 2.19 bits per heavy atom. The highest BCUT2D eigenvalue weighted by molar-refractivity contribution is 5.88. The second-order valence-corrected chi connectivity index (χ2v) is 4.81. The van der Waals surface area contributed by atoms with Crippen LogP contribution in [0.2, 0.25) is 0 Å². The molecule has 0 aliphatic heterocycles. The number of carbonyl (C=O) groups is 1. The number of carbonyl (C=O) groups excluding carboxylic acids is 1. The van der Waals surface area contributed by atoms with Gasteiger partial charge in [-0.25, -0.2) is 0 Å². The molecule has 1 amide bonds. The predicted molar refractivity (Wildman–Crippen MR) is 85.4 cm³/mol. The zero-order chi connectivity index (χ0) is 15.7. The minimum absolute atomic E-state index is 0.0778. The molecule has 0 heterocycles. The number of nitrogens with zero attached hydrogens (tertiary/aromatic N) is 1. The van der Waals surface area contributed by atoms with Crippen LogP contribution in [0.25, 0.3) is 0 Å². The first-order valence-electron chi connectivity index (χ1n) is 6.87. The second kappa shape index (κ2) is 8.97. The van der Waals surface area contributed by atoms with Gasteiger partial charge in [-0.3, -0.25) is 9.79 Å². The van der Waals surface area contributed by atoms with Gasteiger partial charge >= 0.3 is 0 Å². The Labute approximate surface area is 126 Å². The van der Waals surface area contributed by atoms with Gasteiger partial charge in [0.25, 0.3) is 0 Å². The first-order valence-corrected chi connectivity index (χ1v) is 6.87. The van der Waals surface area contributed by atoms with Crippen LogP contribution < -0.4 is 16.0 Å². The number of methoxy groups -OCH3 is 1. The highest BCUT2D eigenvalue weighted by Gasteiger charge is 2.05. The van der Waals surface area contributed by atoms with Gasteiger partial charge in [0.2, 0.25) is 5.91 Å². The van der Waals surface area contributed by atoms with Crippen LogP contribution in [0.1, 0.15) is 19.4 Å². The molecule has 1 rings (SSSR count). The van der Waals surface area contributed by atoms with E-state index in [1.807, 2.05) is 31.2 Å². The number of aliphatic imine (C=N–C) groups is 1. The summed E-state index contributed by atoms with van der Waals surface area (Å²) in [5, 5.41) is 9.22. The molecule has 1 aromatic carbocycles. The van der Waals surface area contributed by atoms with Crippen LogP contribution in [0.5, 0.6) is 0 Å². The molecular weight excluding hydrogens is 268 g/mol. The molecule has 0 aliphatic rings. The number of rotatable bonds is 6. The fourth-order valence-electron chi connectivity index (χ4n) is 1.87. The molecule has 0 spiro atoms. The van der Waals surface area contributed by atoms with Gasteiger partial charge in [-0.2, -0.15) is 0 Å². The van der Waals surface area contributed by atoms with Crippen molar-refractivity contribution in [3.63, 3.8) is 0 Å². The van der Waals surface area contributed by atoms with E-state index in [1.54, 1.807) is 14.2 Å². The Kier molecular flexibility index (Phi) is 7.25. The van der Waals surface area contributed by atoms with E-state index in [0.717, 1.165) is 11.3 Å². The lowest BCUT2D eigenvalue weighted by Crippen LogP contribution is -2.43. The van der Waals surface area contributed by atoms with Crippen molar-refractivity contribution in [2.45, 2.75) is 26.4 Å². The first-order chi connectivity index (χ1) is 10.0. The molecule has 1 aromatic rings. The van der Waals surface area contributed by atoms with E-state index in [2.05, 4.69) is 20.9 Å². The molecule has 21 heavy (non-hydrogen) atoms.